The summed E-state index contributed by atoms with van der Waals surface area (Å²) in [7, 11) is 5.35. The van der Waals surface area contributed by atoms with Gasteiger partial charge in [-0.1, -0.05) is 23.7 Å². The first-order chi connectivity index (χ1) is 11.4. The Bertz CT molecular complexity index is 928. The molecule has 0 spiro atoms. The van der Waals surface area contributed by atoms with Crippen molar-refractivity contribution in [1.29, 1.82) is 0 Å². The largest absolute Gasteiger partial charge is 0.388 e. The van der Waals surface area contributed by atoms with Gasteiger partial charge in [0.2, 0.25) is 0 Å². The molecule has 3 aromatic rings. The fourth-order valence-electron chi connectivity index (χ4n) is 2.85. The van der Waals surface area contributed by atoms with E-state index < -0.39 is 0 Å². The van der Waals surface area contributed by atoms with Crippen LogP contribution >= 0.6 is 11.6 Å². The van der Waals surface area contributed by atoms with E-state index in [4.69, 9.17) is 11.6 Å². The number of fused-ring (bicyclic) bond motifs is 1. The maximum atomic E-state index is 12.3. The number of aromatic nitrogens is 1. The SMILES string of the molecule is CNc1ccc(-c2cc(C)cc3[nH]c(C(=O)N(C)C)cc23)c(Cl)c1. The first-order valence-corrected chi connectivity index (χ1v) is 8.11. The molecule has 1 amide bonds. The molecule has 0 atom stereocenters. The predicted octanol–water partition coefficient (Wildman–Crippen LogP) is 4.54. The molecule has 5 heteroatoms. The van der Waals surface area contributed by atoms with Gasteiger partial charge in [-0.2, -0.15) is 0 Å². The number of H-pyrrole nitrogens is 1. The number of halogens is 1. The fraction of sp³-hybridized carbons (Fsp3) is 0.211. The van der Waals surface area contributed by atoms with Gasteiger partial charge in [0.05, 0.1) is 5.02 Å². The molecular weight excluding hydrogens is 322 g/mol. The van der Waals surface area contributed by atoms with Gasteiger partial charge in [0.15, 0.2) is 0 Å². The number of nitrogens with zero attached hydrogens (tertiary/aromatic N) is 1. The summed E-state index contributed by atoms with van der Waals surface area (Å²) in [5.74, 6) is -0.0496. The van der Waals surface area contributed by atoms with Crippen molar-refractivity contribution in [2.24, 2.45) is 0 Å². The molecule has 2 N–H and O–H groups in total. The second-order valence-electron chi connectivity index (χ2n) is 6.10. The Morgan fingerprint density at radius 1 is 1.12 bits per heavy atom. The van der Waals surface area contributed by atoms with Crippen LogP contribution in [0.5, 0.6) is 0 Å². The van der Waals surface area contributed by atoms with Gasteiger partial charge in [-0.15, -0.1) is 0 Å². The summed E-state index contributed by atoms with van der Waals surface area (Å²) in [5.41, 5.74) is 5.55. The molecule has 3 rings (SSSR count). The average molecular weight is 342 g/mol. The summed E-state index contributed by atoms with van der Waals surface area (Å²) in [5, 5.41) is 4.75. The Morgan fingerprint density at radius 2 is 1.88 bits per heavy atom. The van der Waals surface area contributed by atoms with Gasteiger partial charge in [-0.25, -0.2) is 0 Å². The number of rotatable bonds is 3. The first kappa shape index (κ1) is 16.4. The van der Waals surface area contributed by atoms with Crippen molar-refractivity contribution in [3.05, 3.63) is 52.7 Å². The van der Waals surface area contributed by atoms with Crippen molar-refractivity contribution in [3.8, 4) is 11.1 Å². The maximum Gasteiger partial charge on any atom is 0.269 e. The number of nitrogens with one attached hydrogen (secondary N) is 2. The topological polar surface area (TPSA) is 48.1 Å². The summed E-state index contributed by atoms with van der Waals surface area (Å²) >= 11 is 6.49. The molecule has 0 bridgehead atoms. The van der Waals surface area contributed by atoms with Crippen LogP contribution in [0.3, 0.4) is 0 Å². The highest BCUT2D eigenvalue weighted by Gasteiger charge is 2.16. The molecule has 0 aliphatic heterocycles. The molecule has 0 saturated carbocycles. The molecule has 4 nitrogen and oxygen atoms in total. The van der Waals surface area contributed by atoms with Crippen molar-refractivity contribution in [2.75, 3.05) is 26.5 Å². The minimum Gasteiger partial charge on any atom is -0.388 e. The molecule has 0 radical (unpaired) electrons. The van der Waals surface area contributed by atoms with Crippen molar-refractivity contribution in [1.82, 2.24) is 9.88 Å². The van der Waals surface area contributed by atoms with E-state index in [2.05, 4.69) is 16.4 Å². The van der Waals surface area contributed by atoms with Crippen molar-refractivity contribution in [2.45, 2.75) is 6.92 Å². The number of carbonyl (C=O) groups is 1. The van der Waals surface area contributed by atoms with Gasteiger partial charge in [0, 0.05) is 43.3 Å². The minimum absolute atomic E-state index is 0.0496. The molecule has 0 aliphatic rings. The van der Waals surface area contributed by atoms with E-state index in [-0.39, 0.29) is 5.91 Å². The van der Waals surface area contributed by atoms with Gasteiger partial charge in [-0.05, 0) is 42.3 Å². The maximum absolute atomic E-state index is 12.3. The van der Waals surface area contributed by atoms with Crippen LogP contribution in [0.2, 0.25) is 5.02 Å². The zero-order valence-electron chi connectivity index (χ0n) is 14.2. The van der Waals surface area contributed by atoms with Gasteiger partial charge in [-0.3, -0.25) is 4.79 Å². The average Bonchev–Trinajstić information content (AvgIpc) is 2.96. The van der Waals surface area contributed by atoms with E-state index in [1.165, 1.54) is 0 Å². The molecule has 24 heavy (non-hydrogen) atoms. The number of carbonyl (C=O) groups excluding carboxylic acids is 1. The highest BCUT2D eigenvalue weighted by Crippen LogP contribution is 2.36. The Labute approximate surface area is 146 Å². The van der Waals surface area contributed by atoms with E-state index in [0.29, 0.717) is 10.7 Å². The summed E-state index contributed by atoms with van der Waals surface area (Å²) < 4.78 is 0. The number of aryl methyl sites for hydroxylation is 1. The number of amides is 1. The second-order valence-corrected chi connectivity index (χ2v) is 6.51. The summed E-state index contributed by atoms with van der Waals surface area (Å²) in [4.78, 5) is 17.0. The van der Waals surface area contributed by atoms with E-state index in [1.54, 1.807) is 19.0 Å². The summed E-state index contributed by atoms with van der Waals surface area (Å²) in [6.45, 7) is 2.03. The smallest absolute Gasteiger partial charge is 0.269 e. The molecule has 1 heterocycles. The third-order valence-electron chi connectivity index (χ3n) is 4.07. The molecular formula is C19H20ClN3O. The highest BCUT2D eigenvalue weighted by molar-refractivity contribution is 6.34. The van der Waals surface area contributed by atoms with Crippen LogP contribution in [-0.2, 0) is 0 Å². The Kier molecular flexibility index (Phi) is 4.24. The standard InChI is InChI=1S/C19H20ClN3O/c1-11-7-14(13-6-5-12(21-2)9-16(13)20)15-10-18(19(24)23(3)4)22-17(15)8-11/h5-10,21-22H,1-4H3. The minimum atomic E-state index is -0.0496. The van der Waals surface area contributed by atoms with Crippen LogP contribution in [0.1, 0.15) is 16.1 Å². The van der Waals surface area contributed by atoms with E-state index in [1.807, 2.05) is 44.3 Å². The quantitative estimate of drug-likeness (QED) is 0.734. The predicted molar refractivity (Wildman–Crippen MR) is 101 cm³/mol. The Hall–Kier alpha value is -2.46. The molecule has 124 valence electrons. The van der Waals surface area contributed by atoms with Crippen LogP contribution < -0.4 is 5.32 Å². The van der Waals surface area contributed by atoms with E-state index in [0.717, 1.165) is 33.3 Å². The Morgan fingerprint density at radius 3 is 2.50 bits per heavy atom. The molecule has 2 aromatic carbocycles. The van der Waals surface area contributed by atoms with Gasteiger partial charge >= 0.3 is 0 Å². The lowest BCUT2D eigenvalue weighted by Crippen LogP contribution is -2.21. The van der Waals surface area contributed by atoms with Gasteiger partial charge in [0.1, 0.15) is 5.69 Å². The van der Waals surface area contributed by atoms with E-state index >= 15 is 0 Å². The third-order valence-corrected chi connectivity index (χ3v) is 4.38. The lowest BCUT2D eigenvalue weighted by Gasteiger charge is -2.10. The van der Waals surface area contributed by atoms with Gasteiger partial charge in [0.25, 0.3) is 5.91 Å². The summed E-state index contributed by atoms with van der Waals surface area (Å²) in [6, 6.07) is 11.9. The van der Waals surface area contributed by atoms with Crippen LogP contribution in [0.15, 0.2) is 36.4 Å². The molecule has 0 saturated heterocycles. The lowest BCUT2D eigenvalue weighted by atomic mass is 9.99. The fourth-order valence-corrected chi connectivity index (χ4v) is 3.13. The number of hydrogen-bond donors (Lipinski definition) is 2. The van der Waals surface area contributed by atoms with Crippen molar-refractivity contribution >= 4 is 34.1 Å². The lowest BCUT2D eigenvalue weighted by molar-refractivity contribution is 0.0823. The number of benzene rings is 2. The molecule has 0 aliphatic carbocycles. The monoisotopic (exact) mass is 341 g/mol. The zero-order valence-corrected chi connectivity index (χ0v) is 15.0. The van der Waals surface area contributed by atoms with Gasteiger partial charge < -0.3 is 15.2 Å². The third kappa shape index (κ3) is 2.85. The zero-order chi connectivity index (χ0) is 17.4. The molecule has 1 aromatic heterocycles. The first-order valence-electron chi connectivity index (χ1n) is 7.73. The van der Waals surface area contributed by atoms with Crippen molar-refractivity contribution in [3.63, 3.8) is 0 Å². The van der Waals surface area contributed by atoms with E-state index in [9.17, 15) is 4.79 Å². The summed E-state index contributed by atoms with van der Waals surface area (Å²) in [6.07, 6.45) is 0. The Balaban J connectivity index is 2.22. The number of aromatic amines is 1. The van der Waals surface area contributed by atoms with Crippen molar-refractivity contribution < 1.29 is 4.79 Å². The molecule has 0 fully saturated rings. The van der Waals surface area contributed by atoms with Crippen LogP contribution in [0.4, 0.5) is 5.69 Å². The normalized spacial score (nSPS) is 10.9. The van der Waals surface area contributed by atoms with Crippen LogP contribution in [0.25, 0.3) is 22.0 Å². The van der Waals surface area contributed by atoms with Crippen LogP contribution in [0, 0.1) is 6.92 Å². The second kappa shape index (κ2) is 6.21. The van der Waals surface area contributed by atoms with Crippen LogP contribution in [-0.4, -0.2) is 36.9 Å². The molecule has 0 unspecified atom stereocenters. The highest BCUT2D eigenvalue weighted by atomic mass is 35.5. The number of hydrogen-bond acceptors (Lipinski definition) is 2. The number of anilines is 1.